The Morgan fingerprint density at radius 1 is 1.24 bits per heavy atom. The van der Waals surface area contributed by atoms with E-state index in [1.54, 1.807) is 13.8 Å². The zero-order valence-corrected chi connectivity index (χ0v) is 12.6. The molecule has 1 amide bonds. The van der Waals surface area contributed by atoms with Crippen LogP contribution in [0.2, 0.25) is 0 Å². The summed E-state index contributed by atoms with van der Waals surface area (Å²) in [6.45, 7) is 5.41. The molecule has 8 heteroatoms. The molecule has 0 radical (unpaired) electrons. The Morgan fingerprint density at radius 3 is 2.05 bits per heavy atom. The van der Waals surface area contributed by atoms with Gasteiger partial charge in [0.1, 0.15) is 18.3 Å². The molecule has 0 saturated carbocycles. The first-order valence-corrected chi connectivity index (χ1v) is 6.62. The third-order valence-electron chi connectivity index (χ3n) is 3.21. The highest BCUT2D eigenvalue weighted by Crippen LogP contribution is 2.32. The Bertz CT molecular complexity index is 376. The van der Waals surface area contributed by atoms with Gasteiger partial charge in [-0.1, -0.05) is 27.7 Å². The van der Waals surface area contributed by atoms with E-state index in [0.717, 1.165) is 13.8 Å². The van der Waals surface area contributed by atoms with Gasteiger partial charge in [0, 0.05) is 0 Å². The van der Waals surface area contributed by atoms with Crippen molar-refractivity contribution in [1.82, 2.24) is 5.32 Å². The maximum absolute atomic E-state index is 14.0. The van der Waals surface area contributed by atoms with E-state index in [-0.39, 0.29) is 12.3 Å². The Kier molecular flexibility index (Phi) is 7.15. The average molecular weight is 312 g/mol. The Balaban J connectivity index is 4.88. The minimum atomic E-state index is -3.00. The van der Waals surface area contributed by atoms with Gasteiger partial charge in [-0.15, -0.1) is 0 Å². The Labute approximate surface area is 122 Å². The van der Waals surface area contributed by atoms with E-state index in [4.69, 9.17) is 10.8 Å². The van der Waals surface area contributed by atoms with Crippen molar-refractivity contribution in [3.8, 4) is 0 Å². The molecule has 0 saturated heterocycles. The van der Waals surface area contributed by atoms with Crippen molar-refractivity contribution in [2.75, 3.05) is 0 Å². The maximum Gasteiger partial charge on any atom is 0.326 e. The van der Waals surface area contributed by atoms with E-state index in [1.807, 2.05) is 0 Å². The molecule has 0 fully saturated rings. The van der Waals surface area contributed by atoms with Crippen LogP contribution in [0.4, 0.5) is 13.2 Å². The van der Waals surface area contributed by atoms with Gasteiger partial charge in [-0.3, -0.25) is 4.79 Å². The minimum absolute atomic E-state index is 0.0266. The second-order valence-electron chi connectivity index (χ2n) is 6.08. The number of carboxylic acid groups (broad SMARTS) is 1. The van der Waals surface area contributed by atoms with Crippen molar-refractivity contribution >= 4 is 11.9 Å². The summed E-state index contributed by atoms with van der Waals surface area (Å²) in [7, 11) is 0. The number of hydrogen-bond acceptors (Lipinski definition) is 3. The zero-order valence-electron chi connectivity index (χ0n) is 12.6. The highest BCUT2D eigenvalue weighted by atomic mass is 19.3. The van der Waals surface area contributed by atoms with Gasteiger partial charge >= 0.3 is 5.97 Å². The third kappa shape index (κ3) is 5.53. The van der Waals surface area contributed by atoms with Crippen LogP contribution in [0.15, 0.2) is 0 Å². The number of aliphatic carboxylic acids is 1. The summed E-state index contributed by atoms with van der Waals surface area (Å²) < 4.78 is 39.4. The number of nitrogens with two attached hydrogens (primary N) is 1. The smallest absolute Gasteiger partial charge is 0.326 e. The van der Waals surface area contributed by atoms with Crippen molar-refractivity contribution in [2.24, 2.45) is 17.1 Å². The van der Waals surface area contributed by atoms with Crippen molar-refractivity contribution in [2.45, 2.75) is 58.8 Å². The summed E-state index contributed by atoms with van der Waals surface area (Å²) in [4.78, 5) is 22.8. The normalized spacial score (nSPS) is 16.7. The molecule has 0 aliphatic carbocycles. The second kappa shape index (κ2) is 7.63. The summed E-state index contributed by atoms with van der Waals surface area (Å²) >= 11 is 0. The summed E-state index contributed by atoms with van der Waals surface area (Å²) in [6.07, 6.45) is -5.17. The fourth-order valence-electron chi connectivity index (χ4n) is 1.68. The number of hydrogen-bond donors (Lipinski definition) is 3. The predicted octanol–water partition coefficient (Wildman–Crippen LogP) is 1.56. The van der Waals surface area contributed by atoms with Gasteiger partial charge < -0.3 is 16.2 Å². The van der Waals surface area contributed by atoms with Crippen LogP contribution in [-0.2, 0) is 9.59 Å². The molecule has 0 aromatic carbocycles. The number of alkyl halides is 3. The number of carbonyl (C=O) groups excluding carboxylic acids is 1. The van der Waals surface area contributed by atoms with E-state index in [9.17, 15) is 22.8 Å². The molecule has 0 aliphatic rings. The number of amides is 1. The average Bonchev–Trinajstić information content (AvgIpc) is 2.34. The molecule has 3 atom stereocenters. The van der Waals surface area contributed by atoms with Gasteiger partial charge in [0.25, 0.3) is 0 Å². The van der Waals surface area contributed by atoms with Crippen LogP contribution in [0.25, 0.3) is 0 Å². The number of carboxylic acids is 1. The number of halogens is 3. The highest BCUT2D eigenvalue weighted by molar-refractivity contribution is 5.87. The topological polar surface area (TPSA) is 92.4 Å². The van der Waals surface area contributed by atoms with Crippen molar-refractivity contribution in [3.63, 3.8) is 0 Å². The molecule has 21 heavy (non-hydrogen) atoms. The van der Waals surface area contributed by atoms with Crippen LogP contribution in [0.3, 0.4) is 0 Å². The first kappa shape index (κ1) is 19.7. The van der Waals surface area contributed by atoms with Gasteiger partial charge in [-0.2, -0.15) is 0 Å². The monoisotopic (exact) mass is 312 g/mol. The molecule has 5 nitrogen and oxygen atoms in total. The summed E-state index contributed by atoms with van der Waals surface area (Å²) in [5, 5.41) is 11.1. The van der Waals surface area contributed by atoms with Crippen molar-refractivity contribution < 1.29 is 27.9 Å². The van der Waals surface area contributed by atoms with E-state index in [2.05, 4.69) is 5.32 Å². The first-order valence-electron chi connectivity index (χ1n) is 6.62. The first-order chi connectivity index (χ1) is 9.41. The molecule has 4 N–H and O–H groups in total. The van der Waals surface area contributed by atoms with Gasteiger partial charge in [-0.25, -0.2) is 18.0 Å². The van der Waals surface area contributed by atoms with Gasteiger partial charge in [-0.05, 0) is 12.3 Å². The molecule has 0 spiro atoms. The van der Waals surface area contributed by atoms with Crippen LogP contribution < -0.4 is 11.1 Å². The fourth-order valence-corrected chi connectivity index (χ4v) is 1.68. The molecule has 124 valence electrons. The van der Waals surface area contributed by atoms with Gasteiger partial charge in [0.2, 0.25) is 12.3 Å². The lowest BCUT2D eigenvalue weighted by atomic mass is 9.84. The van der Waals surface area contributed by atoms with Gasteiger partial charge in [0.15, 0.2) is 0 Å². The quantitative estimate of drug-likeness (QED) is 0.634. The highest BCUT2D eigenvalue weighted by Gasteiger charge is 2.44. The Hall–Kier alpha value is -1.31. The number of nitrogens with one attached hydrogen (secondary N) is 1. The molecule has 0 rings (SSSR count). The van der Waals surface area contributed by atoms with E-state index >= 15 is 0 Å². The third-order valence-corrected chi connectivity index (χ3v) is 3.21. The summed E-state index contributed by atoms with van der Waals surface area (Å²) in [6, 6.07) is -3.09. The lowest BCUT2D eigenvalue weighted by Gasteiger charge is -2.31. The van der Waals surface area contributed by atoms with Gasteiger partial charge in [0.05, 0.1) is 5.41 Å². The van der Waals surface area contributed by atoms with E-state index < -0.39 is 42.0 Å². The zero-order chi connectivity index (χ0) is 17.0. The number of rotatable bonds is 8. The number of carbonyl (C=O) groups is 2. The van der Waals surface area contributed by atoms with E-state index in [1.165, 1.54) is 0 Å². The Morgan fingerprint density at radius 2 is 1.71 bits per heavy atom. The lowest BCUT2D eigenvalue weighted by molar-refractivity contribution is -0.143. The van der Waals surface area contributed by atoms with Crippen molar-refractivity contribution in [1.29, 1.82) is 0 Å². The van der Waals surface area contributed by atoms with Crippen LogP contribution >= 0.6 is 0 Å². The van der Waals surface area contributed by atoms with E-state index in [0.29, 0.717) is 0 Å². The molecular weight excluding hydrogens is 289 g/mol. The van der Waals surface area contributed by atoms with Crippen LogP contribution in [0.1, 0.15) is 34.1 Å². The second-order valence-corrected chi connectivity index (χ2v) is 6.08. The standard InChI is InChI=1S/C13H23F3N2O3/c1-6(2)5-7(11(20)21)18-10(19)8(17)9(14)13(3,4)12(15)16/h6-9,12H,5,17H2,1-4H3,(H,18,19)(H,20,21). The van der Waals surface area contributed by atoms with Crippen LogP contribution in [0, 0.1) is 11.3 Å². The summed E-state index contributed by atoms with van der Waals surface area (Å²) in [5.41, 5.74) is 3.25. The minimum Gasteiger partial charge on any atom is -0.480 e. The molecular formula is C13H23F3N2O3. The molecule has 0 bridgehead atoms. The molecule has 0 aliphatic heterocycles. The SMILES string of the molecule is CC(C)CC(NC(=O)C(N)C(F)C(C)(C)C(F)F)C(=O)O. The maximum atomic E-state index is 14.0. The van der Waals surface area contributed by atoms with Crippen molar-refractivity contribution in [3.05, 3.63) is 0 Å². The molecule has 0 aromatic rings. The lowest BCUT2D eigenvalue weighted by Crippen LogP contribution is -2.56. The van der Waals surface area contributed by atoms with Crippen LogP contribution in [0.5, 0.6) is 0 Å². The summed E-state index contributed by atoms with van der Waals surface area (Å²) in [5.74, 6) is -2.40. The largest absolute Gasteiger partial charge is 0.480 e. The molecule has 0 heterocycles. The molecule has 3 unspecified atom stereocenters. The molecule has 0 aromatic heterocycles. The predicted molar refractivity (Wildman–Crippen MR) is 71.7 cm³/mol. The van der Waals surface area contributed by atoms with Crippen LogP contribution in [-0.4, -0.2) is 41.7 Å². The fraction of sp³-hybridized carbons (Fsp3) is 0.846.